The van der Waals surface area contributed by atoms with Crippen LogP contribution in [0.4, 0.5) is 0 Å². The molecule has 0 spiro atoms. The fourth-order valence-corrected chi connectivity index (χ4v) is 1.05. The Labute approximate surface area is 84.7 Å². The van der Waals surface area contributed by atoms with Gasteiger partial charge in [0.15, 0.2) is 0 Å². The summed E-state index contributed by atoms with van der Waals surface area (Å²) in [6.07, 6.45) is 2.02. The van der Waals surface area contributed by atoms with Crippen LogP contribution in [0.15, 0.2) is 10.6 Å². The Morgan fingerprint density at radius 3 is 2.93 bits per heavy atom. The summed E-state index contributed by atoms with van der Waals surface area (Å²) in [5, 5.41) is 3.19. The van der Waals surface area contributed by atoms with Crippen molar-refractivity contribution < 1.29 is 9.15 Å². The van der Waals surface area contributed by atoms with E-state index in [-0.39, 0.29) is 0 Å². The molecule has 0 bridgehead atoms. The van der Waals surface area contributed by atoms with Crippen molar-refractivity contribution in [3.05, 3.63) is 17.8 Å². The lowest BCUT2D eigenvalue weighted by Crippen LogP contribution is -2.21. The van der Waals surface area contributed by atoms with Crippen LogP contribution in [-0.4, -0.2) is 24.2 Å². The summed E-state index contributed by atoms with van der Waals surface area (Å²) < 4.78 is 10.7. The number of nitrogens with one attached hydrogen (secondary N) is 1. The van der Waals surface area contributed by atoms with E-state index in [2.05, 4.69) is 10.3 Å². The molecular formula is C10H18N2O2. The van der Waals surface area contributed by atoms with Crippen molar-refractivity contribution in [1.29, 1.82) is 0 Å². The number of rotatable bonds is 6. The summed E-state index contributed by atoms with van der Waals surface area (Å²) in [5.74, 6) is 1.58. The van der Waals surface area contributed by atoms with Gasteiger partial charge in [0.25, 0.3) is 0 Å². The summed E-state index contributed by atoms with van der Waals surface area (Å²) in [4.78, 5) is 4.08. The van der Waals surface area contributed by atoms with Crippen LogP contribution in [-0.2, 0) is 11.3 Å². The molecule has 1 heterocycles. The molecule has 1 aromatic rings. The van der Waals surface area contributed by atoms with Crippen LogP contribution < -0.4 is 5.32 Å². The molecule has 14 heavy (non-hydrogen) atoms. The van der Waals surface area contributed by atoms with Gasteiger partial charge in [-0.05, 0) is 20.8 Å². The Balaban J connectivity index is 2.04. The van der Waals surface area contributed by atoms with E-state index in [9.17, 15) is 0 Å². The Morgan fingerprint density at radius 2 is 2.36 bits per heavy atom. The normalized spacial score (nSPS) is 11.1. The van der Waals surface area contributed by atoms with Crippen LogP contribution in [0, 0.1) is 6.92 Å². The first-order valence-corrected chi connectivity index (χ1v) is 4.92. The number of nitrogens with zero attached hydrogens (tertiary/aromatic N) is 1. The maximum atomic E-state index is 5.37. The van der Waals surface area contributed by atoms with E-state index < -0.39 is 0 Å². The van der Waals surface area contributed by atoms with Crippen LogP contribution in [0.1, 0.15) is 25.5 Å². The molecule has 0 aliphatic heterocycles. The minimum absolute atomic E-state index is 0.292. The molecule has 1 rings (SSSR count). The second-order valence-corrected chi connectivity index (χ2v) is 3.46. The Morgan fingerprint density at radius 1 is 1.57 bits per heavy atom. The fourth-order valence-electron chi connectivity index (χ4n) is 1.05. The Bertz CT molecular complexity index is 258. The van der Waals surface area contributed by atoms with Crippen molar-refractivity contribution in [1.82, 2.24) is 10.3 Å². The van der Waals surface area contributed by atoms with Gasteiger partial charge in [-0.3, -0.25) is 0 Å². The molecule has 0 amide bonds. The molecule has 1 N–H and O–H groups in total. The maximum absolute atomic E-state index is 5.37. The lowest BCUT2D eigenvalue weighted by atomic mass is 10.5. The van der Waals surface area contributed by atoms with E-state index in [1.165, 1.54) is 0 Å². The van der Waals surface area contributed by atoms with Gasteiger partial charge in [-0.15, -0.1) is 0 Å². The maximum Gasteiger partial charge on any atom is 0.208 e. The van der Waals surface area contributed by atoms with Gasteiger partial charge >= 0.3 is 0 Å². The molecule has 0 saturated heterocycles. The Hall–Kier alpha value is -0.870. The van der Waals surface area contributed by atoms with Crippen molar-refractivity contribution >= 4 is 0 Å². The first kappa shape index (κ1) is 11.2. The zero-order valence-corrected chi connectivity index (χ0v) is 9.04. The number of aryl methyl sites for hydroxylation is 1. The summed E-state index contributed by atoms with van der Waals surface area (Å²) >= 11 is 0. The molecule has 4 nitrogen and oxygen atoms in total. The third-order valence-electron chi connectivity index (χ3n) is 1.68. The molecule has 0 unspecified atom stereocenters. The van der Waals surface area contributed by atoms with E-state index in [1.807, 2.05) is 20.8 Å². The standard InChI is InChI=1S/C10H18N2O2/c1-8(2)13-5-4-11-7-10-12-6-9(3)14-10/h6,8,11H,4-5,7H2,1-3H3. The smallest absolute Gasteiger partial charge is 0.208 e. The zero-order valence-electron chi connectivity index (χ0n) is 9.04. The van der Waals surface area contributed by atoms with Gasteiger partial charge in [-0.25, -0.2) is 4.98 Å². The summed E-state index contributed by atoms with van der Waals surface area (Å²) in [6.45, 7) is 8.14. The van der Waals surface area contributed by atoms with Gasteiger partial charge in [0.05, 0.1) is 25.5 Å². The second kappa shape index (κ2) is 5.78. The average molecular weight is 198 g/mol. The van der Waals surface area contributed by atoms with E-state index in [0.29, 0.717) is 12.6 Å². The number of aromatic nitrogens is 1. The number of hydrogen-bond acceptors (Lipinski definition) is 4. The van der Waals surface area contributed by atoms with Crippen LogP contribution in [0.5, 0.6) is 0 Å². The second-order valence-electron chi connectivity index (χ2n) is 3.46. The highest BCUT2D eigenvalue weighted by Gasteiger charge is 1.99. The highest BCUT2D eigenvalue weighted by atomic mass is 16.5. The number of ether oxygens (including phenoxy) is 1. The van der Waals surface area contributed by atoms with Crippen LogP contribution in [0.3, 0.4) is 0 Å². The predicted molar refractivity (Wildman–Crippen MR) is 54.0 cm³/mol. The molecule has 0 saturated carbocycles. The quantitative estimate of drug-likeness (QED) is 0.704. The van der Waals surface area contributed by atoms with Gasteiger partial charge in [-0.1, -0.05) is 0 Å². The van der Waals surface area contributed by atoms with E-state index in [1.54, 1.807) is 6.20 Å². The van der Waals surface area contributed by atoms with Crippen molar-refractivity contribution in [3.63, 3.8) is 0 Å². The van der Waals surface area contributed by atoms with E-state index in [4.69, 9.17) is 9.15 Å². The van der Waals surface area contributed by atoms with E-state index in [0.717, 1.165) is 24.8 Å². The zero-order chi connectivity index (χ0) is 10.4. The molecular weight excluding hydrogens is 180 g/mol. The average Bonchev–Trinajstić information content (AvgIpc) is 2.50. The van der Waals surface area contributed by atoms with Crippen molar-refractivity contribution in [2.75, 3.05) is 13.2 Å². The topological polar surface area (TPSA) is 47.3 Å². The summed E-state index contributed by atoms with van der Waals surface area (Å²) in [7, 11) is 0. The van der Waals surface area contributed by atoms with Crippen molar-refractivity contribution in [3.8, 4) is 0 Å². The third-order valence-corrected chi connectivity index (χ3v) is 1.68. The van der Waals surface area contributed by atoms with Crippen molar-refractivity contribution in [2.24, 2.45) is 0 Å². The fraction of sp³-hybridized carbons (Fsp3) is 0.700. The number of hydrogen-bond donors (Lipinski definition) is 1. The summed E-state index contributed by atoms with van der Waals surface area (Å²) in [6, 6.07) is 0. The predicted octanol–water partition coefficient (Wildman–Crippen LogP) is 1.50. The lowest BCUT2D eigenvalue weighted by Gasteiger charge is -2.07. The van der Waals surface area contributed by atoms with Gasteiger partial charge in [-0.2, -0.15) is 0 Å². The van der Waals surface area contributed by atoms with Gasteiger partial charge in [0.1, 0.15) is 5.76 Å². The van der Waals surface area contributed by atoms with Gasteiger partial charge in [0, 0.05) is 6.54 Å². The summed E-state index contributed by atoms with van der Waals surface area (Å²) in [5.41, 5.74) is 0. The minimum Gasteiger partial charge on any atom is -0.445 e. The van der Waals surface area contributed by atoms with Crippen molar-refractivity contribution in [2.45, 2.75) is 33.4 Å². The van der Waals surface area contributed by atoms with Gasteiger partial charge in [0.2, 0.25) is 5.89 Å². The molecule has 0 aromatic carbocycles. The lowest BCUT2D eigenvalue weighted by molar-refractivity contribution is 0.0804. The Kier molecular flexibility index (Phi) is 4.62. The molecule has 4 heteroatoms. The SMILES string of the molecule is Cc1cnc(CNCCOC(C)C)o1. The first-order valence-electron chi connectivity index (χ1n) is 4.92. The molecule has 0 fully saturated rings. The first-order chi connectivity index (χ1) is 6.68. The van der Waals surface area contributed by atoms with Crippen LogP contribution >= 0.6 is 0 Å². The monoisotopic (exact) mass is 198 g/mol. The molecule has 1 aromatic heterocycles. The molecule has 0 aliphatic rings. The molecule has 0 aliphatic carbocycles. The molecule has 0 atom stereocenters. The highest BCUT2D eigenvalue weighted by molar-refractivity contribution is 4.90. The van der Waals surface area contributed by atoms with Crippen LogP contribution in [0.2, 0.25) is 0 Å². The molecule has 80 valence electrons. The van der Waals surface area contributed by atoms with Crippen LogP contribution in [0.25, 0.3) is 0 Å². The highest BCUT2D eigenvalue weighted by Crippen LogP contribution is 2.00. The van der Waals surface area contributed by atoms with E-state index >= 15 is 0 Å². The largest absolute Gasteiger partial charge is 0.445 e. The minimum atomic E-state index is 0.292. The third kappa shape index (κ3) is 4.39. The number of oxazole rings is 1. The van der Waals surface area contributed by atoms with Gasteiger partial charge < -0.3 is 14.5 Å². The molecule has 0 radical (unpaired) electrons.